The van der Waals surface area contributed by atoms with Crippen molar-refractivity contribution in [2.45, 2.75) is 77.2 Å². The van der Waals surface area contributed by atoms with Gasteiger partial charge in [-0.15, -0.1) is 0 Å². The minimum absolute atomic E-state index is 0.506. The molecule has 0 bridgehead atoms. The maximum absolute atomic E-state index is 5.82. The van der Waals surface area contributed by atoms with Gasteiger partial charge >= 0.3 is 0 Å². The molecule has 0 unspecified atom stereocenters. The van der Waals surface area contributed by atoms with Gasteiger partial charge in [-0.25, -0.2) is 0 Å². The predicted octanol–water partition coefficient (Wildman–Crippen LogP) is 3.80. The molecule has 1 rings (SSSR count). The molecule has 0 atom stereocenters. The molecule has 0 saturated heterocycles. The number of hydrogen-bond acceptors (Lipinski definition) is 2. The van der Waals surface area contributed by atoms with Crippen molar-refractivity contribution in [2.75, 3.05) is 20.1 Å². The van der Waals surface area contributed by atoms with E-state index in [1.165, 1.54) is 77.3 Å². The first kappa shape index (κ1) is 16.0. The number of rotatable bonds is 11. The first-order chi connectivity index (χ1) is 8.72. The van der Waals surface area contributed by atoms with Crippen molar-refractivity contribution in [1.82, 2.24) is 4.90 Å². The molecule has 0 spiro atoms. The van der Waals surface area contributed by atoms with Gasteiger partial charge in [-0.05, 0) is 38.8 Å². The molecule has 18 heavy (non-hydrogen) atoms. The van der Waals surface area contributed by atoms with Crippen LogP contribution in [0.15, 0.2) is 0 Å². The summed E-state index contributed by atoms with van der Waals surface area (Å²) in [4.78, 5) is 2.51. The van der Waals surface area contributed by atoms with Gasteiger partial charge in [-0.3, -0.25) is 0 Å². The van der Waals surface area contributed by atoms with Gasteiger partial charge < -0.3 is 10.6 Å². The van der Waals surface area contributed by atoms with Gasteiger partial charge in [0.1, 0.15) is 0 Å². The Bertz CT molecular complexity index is 188. The number of unbranched alkanes of at least 4 members (excludes halogenated alkanes) is 7. The van der Waals surface area contributed by atoms with Crippen molar-refractivity contribution >= 4 is 0 Å². The van der Waals surface area contributed by atoms with E-state index < -0.39 is 0 Å². The summed E-state index contributed by atoms with van der Waals surface area (Å²) in [7, 11) is 2.27. The summed E-state index contributed by atoms with van der Waals surface area (Å²) >= 11 is 0. The number of nitrogens with zero attached hydrogens (tertiary/aromatic N) is 1. The van der Waals surface area contributed by atoms with Crippen LogP contribution in [0.3, 0.4) is 0 Å². The molecule has 1 fully saturated rings. The Morgan fingerprint density at radius 2 is 1.50 bits per heavy atom. The molecule has 2 N–H and O–H groups in total. The lowest BCUT2D eigenvalue weighted by Crippen LogP contribution is -2.42. The summed E-state index contributed by atoms with van der Waals surface area (Å²) in [6, 6.07) is 0.506. The number of nitrogens with two attached hydrogens (primary N) is 1. The lowest BCUT2D eigenvalue weighted by molar-refractivity contribution is 0.180. The van der Waals surface area contributed by atoms with Crippen LogP contribution in [0.5, 0.6) is 0 Å². The minimum Gasteiger partial charge on any atom is -0.328 e. The van der Waals surface area contributed by atoms with E-state index in [2.05, 4.69) is 18.9 Å². The summed E-state index contributed by atoms with van der Waals surface area (Å²) in [6.45, 7) is 4.83. The van der Waals surface area contributed by atoms with Crippen LogP contribution in [0.1, 0.15) is 71.1 Å². The van der Waals surface area contributed by atoms with Crippen molar-refractivity contribution < 1.29 is 0 Å². The summed E-state index contributed by atoms with van der Waals surface area (Å²) in [6.07, 6.45) is 13.9. The Morgan fingerprint density at radius 1 is 0.944 bits per heavy atom. The van der Waals surface area contributed by atoms with E-state index >= 15 is 0 Å². The Hall–Kier alpha value is -0.0800. The second kappa shape index (κ2) is 9.80. The van der Waals surface area contributed by atoms with Crippen LogP contribution < -0.4 is 5.73 Å². The van der Waals surface area contributed by atoms with E-state index in [1.54, 1.807) is 0 Å². The molecule has 0 radical (unpaired) electrons. The van der Waals surface area contributed by atoms with Crippen LogP contribution in [-0.2, 0) is 0 Å². The van der Waals surface area contributed by atoms with Crippen LogP contribution >= 0.6 is 0 Å². The third-order valence-corrected chi connectivity index (χ3v) is 4.24. The zero-order valence-electron chi connectivity index (χ0n) is 12.7. The minimum atomic E-state index is 0.506. The molecular formula is C16H34N2. The van der Waals surface area contributed by atoms with E-state index in [4.69, 9.17) is 5.73 Å². The molecule has 108 valence electrons. The molecule has 1 saturated carbocycles. The van der Waals surface area contributed by atoms with Crippen LogP contribution in [0.4, 0.5) is 0 Å². The fraction of sp³-hybridized carbons (Fsp3) is 1.00. The summed E-state index contributed by atoms with van der Waals surface area (Å²) < 4.78 is 0. The number of hydrogen-bond donors (Lipinski definition) is 1. The van der Waals surface area contributed by atoms with E-state index in [0.717, 1.165) is 5.92 Å². The second-order valence-electron chi connectivity index (χ2n) is 6.33. The highest BCUT2D eigenvalue weighted by Gasteiger charge is 2.26. The van der Waals surface area contributed by atoms with E-state index in [9.17, 15) is 0 Å². The highest BCUT2D eigenvalue weighted by atomic mass is 15.1. The molecule has 0 aliphatic heterocycles. The SMILES string of the molecule is CCCCCCCCCCN(C)CC1CC(N)C1. The van der Waals surface area contributed by atoms with Crippen LogP contribution in [0, 0.1) is 5.92 Å². The largest absolute Gasteiger partial charge is 0.328 e. The van der Waals surface area contributed by atoms with E-state index in [-0.39, 0.29) is 0 Å². The van der Waals surface area contributed by atoms with Crippen molar-refractivity contribution in [3.8, 4) is 0 Å². The van der Waals surface area contributed by atoms with Crippen molar-refractivity contribution in [3.05, 3.63) is 0 Å². The highest BCUT2D eigenvalue weighted by molar-refractivity contribution is 4.83. The summed E-state index contributed by atoms with van der Waals surface area (Å²) in [5.41, 5.74) is 5.82. The standard InChI is InChI=1S/C16H34N2/c1-3-4-5-6-7-8-9-10-11-18(2)14-15-12-16(17)13-15/h15-16H,3-14,17H2,1-2H3. The average molecular weight is 254 g/mol. The Kier molecular flexibility index (Phi) is 8.70. The van der Waals surface area contributed by atoms with Gasteiger partial charge in [0, 0.05) is 12.6 Å². The van der Waals surface area contributed by atoms with Gasteiger partial charge in [0.25, 0.3) is 0 Å². The van der Waals surface area contributed by atoms with Crippen LogP contribution in [0.25, 0.3) is 0 Å². The van der Waals surface area contributed by atoms with Gasteiger partial charge in [-0.2, -0.15) is 0 Å². The third-order valence-electron chi connectivity index (χ3n) is 4.24. The van der Waals surface area contributed by atoms with Crippen molar-refractivity contribution in [3.63, 3.8) is 0 Å². The summed E-state index contributed by atoms with van der Waals surface area (Å²) in [5, 5.41) is 0. The fourth-order valence-electron chi connectivity index (χ4n) is 2.98. The first-order valence-corrected chi connectivity index (χ1v) is 8.16. The Labute approximate surface area is 114 Å². The first-order valence-electron chi connectivity index (χ1n) is 8.16. The molecule has 2 heteroatoms. The predicted molar refractivity (Wildman–Crippen MR) is 80.8 cm³/mol. The zero-order chi connectivity index (χ0) is 13.2. The Balaban J connectivity index is 1.79. The lowest BCUT2D eigenvalue weighted by Gasteiger charge is -2.35. The van der Waals surface area contributed by atoms with Gasteiger partial charge in [-0.1, -0.05) is 51.9 Å². The lowest BCUT2D eigenvalue weighted by atomic mass is 9.80. The molecule has 0 heterocycles. The maximum Gasteiger partial charge on any atom is 0.00450 e. The van der Waals surface area contributed by atoms with Gasteiger partial charge in [0.2, 0.25) is 0 Å². The highest BCUT2D eigenvalue weighted by Crippen LogP contribution is 2.26. The Morgan fingerprint density at radius 3 is 2.06 bits per heavy atom. The maximum atomic E-state index is 5.82. The van der Waals surface area contributed by atoms with Crippen LogP contribution in [-0.4, -0.2) is 31.1 Å². The molecule has 1 aliphatic rings. The topological polar surface area (TPSA) is 29.3 Å². The quantitative estimate of drug-likeness (QED) is 0.568. The van der Waals surface area contributed by atoms with Gasteiger partial charge in [0.15, 0.2) is 0 Å². The molecule has 0 aromatic rings. The molecular weight excluding hydrogens is 220 g/mol. The smallest absolute Gasteiger partial charge is 0.00450 e. The van der Waals surface area contributed by atoms with E-state index in [1.807, 2.05) is 0 Å². The van der Waals surface area contributed by atoms with Crippen molar-refractivity contribution in [2.24, 2.45) is 11.7 Å². The molecule has 0 aromatic carbocycles. The third kappa shape index (κ3) is 7.38. The summed E-state index contributed by atoms with van der Waals surface area (Å²) in [5.74, 6) is 0.888. The molecule has 0 amide bonds. The average Bonchev–Trinajstić information content (AvgIpc) is 2.30. The normalized spacial score (nSPS) is 23.3. The second-order valence-corrected chi connectivity index (χ2v) is 6.33. The monoisotopic (exact) mass is 254 g/mol. The van der Waals surface area contributed by atoms with Crippen molar-refractivity contribution in [1.29, 1.82) is 0 Å². The van der Waals surface area contributed by atoms with E-state index in [0.29, 0.717) is 6.04 Å². The fourth-order valence-corrected chi connectivity index (χ4v) is 2.98. The molecule has 1 aliphatic carbocycles. The van der Waals surface area contributed by atoms with Gasteiger partial charge in [0.05, 0.1) is 0 Å². The molecule has 0 aromatic heterocycles. The van der Waals surface area contributed by atoms with Crippen LogP contribution in [0.2, 0.25) is 0 Å². The molecule has 2 nitrogen and oxygen atoms in total. The zero-order valence-corrected chi connectivity index (χ0v) is 12.7.